The van der Waals surface area contributed by atoms with E-state index in [0.29, 0.717) is 31.3 Å². The molecular formula is C20H18ClFN2O2. The van der Waals surface area contributed by atoms with Crippen molar-refractivity contribution in [2.45, 2.75) is 6.42 Å². The Kier molecular flexibility index (Phi) is 4.66. The summed E-state index contributed by atoms with van der Waals surface area (Å²) in [5.74, 6) is -0.239. The molecular weight excluding hydrogens is 355 g/mol. The third-order valence-corrected chi connectivity index (χ3v) is 4.93. The zero-order valence-electron chi connectivity index (χ0n) is 14.1. The molecule has 3 aromatic rings. The highest BCUT2D eigenvalue weighted by Gasteiger charge is 2.21. The number of aromatic amines is 1. The number of hydrogen-bond acceptors (Lipinski definition) is 2. The van der Waals surface area contributed by atoms with E-state index in [0.717, 1.165) is 27.7 Å². The van der Waals surface area contributed by atoms with Gasteiger partial charge in [0, 0.05) is 29.0 Å². The van der Waals surface area contributed by atoms with Gasteiger partial charge in [-0.05, 0) is 53.6 Å². The second-order valence-corrected chi connectivity index (χ2v) is 6.78. The van der Waals surface area contributed by atoms with Crippen LogP contribution in [0.25, 0.3) is 22.2 Å². The molecule has 2 aromatic carbocycles. The Labute approximate surface area is 155 Å². The Morgan fingerprint density at radius 3 is 2.62 bits per heavy atom. The summed E-state index contributed by atoms with van der Waals surface area (Å²) < 4.78 is 18.6. The number of nitrogens with zero attached hydrogens (tertiary/aromatic N) is 1. The van der Waals surface area contributed by atoms with Crippen LogP contribution in [0.15, 0.2) is 42.5 Å². The first-order valence-electron chi connectivity index (χ1n) is 8.53. The van der Waals surface area contributed by atoms with Gasteiger partial charge in [-0.3, -0.25) is 4.79 Å². The number of rotatable bonds is 3. The number of carbonyl (C=O) groups is 1. The Balaban J connectivity index is 1.77. The van der Waals surface area contributed by atoms with Crippen LogP contribution in [0.4, 0.5) is 4.39 Å². The molecule has 0 aliphatic carbocycles. The average Bonchev–Trinajstić information content (AvgIpc) is 3.01. The van der Waals surface area contributed by atoms with Crippen molar-refractivity contribution < 1.29 is 13.9 Å². The summed E-state index contributed by atoms with van der Waals surface area (Å²) in [6, 6.07) is 11.8. The molecule has 1 N–H and O–H groups in total. The number of halogens is 2. The molecule has 0 bridgehead atoms. The maximum Gasteiger partial charge on any atom is 0.227 e. The summed E-state index contributed by atoms with van der Waals surface area (Å²) in [4.78, 5) is 18.0. The van der Waals surface area contributed by atoms with Gasteiger partial charge in [0.25, 0.3) is 0 Å². The van der Waals surface area contributed by atoms with Gasteiger partial charge in [-0.25, -0.2) is 4.39 Å². The fraction of sp³-hybridized carbons (Fsp3) is 0.250. The van der Waals surface area contributed by atoms with Crippen LogP contribution in [0.1, 0.15) is 5.56 Å². The zero-order chi connectivity index (χ0) is 18.1. The standard InChI is InChI=1S/C20H18ClFN2O2/c21-14-3-6-18-16(11-14)17(12-19(25)24-7-9-26-10-8-24)20(23-18)13-1-4-15(22)5-2-13/h1-6,11,23H,7-10,12H2. The number of aromatic nitrogens is 1. The topological polar surface area (TPSA) is 45.3 Å². The van der Waals surface area contributed by atoms with Gasteiger partial charge < -0.3 is 14.6 Å². The lowest BCUT2D eigenvalue weighted by molar-refractivity contribution is -0.134. The zero-order valence-corrected chi connectivity index (χ0v) is 14.9. The van der Waals surface area contributed by atoms with Crippen molar-refractivity contribution >= 4 is 28.4 Å². The summed E-state index contributed by atoms with van der Waals surface area (Å²) in [7, 11) is 0. The monoisotopic (exact) mass is 372 g/mol. The van der Waals surface area contributed by atoms with E-state index in [4.69, 9.17) is 16.3 Å². The van der Waals surface area contributed by atoms with Gasteiger partial charge in [0.05, 0.1) is 25.3 Å². The van der Waals surface area contributed by atoms with Gasteiger partial charge >= 0.3 is 0 Å². The molecule has 0 spiro atoms. The Bertz CT molecular complexity index is 946. The highest BCUT2D eigenvalue weighted by Crippen LogP contribution is 2.33. The van der Waals surface area contributed by atoms with Crippen LogP contribution in [0.3, 0.4) is 0 Å². The minimum Gasteiger partial charge on any atom is -0.378 e. The summed E-state index contributed by atoms with van der Waals surface area (Å²) in [5, 5.41) is 1.53. The molecule has 0 unspecified atom stereocenters. The largest absolute Gasteiger partial charge is 0.378 e. The van der Waals surface area contributed by atoms with E-state index in [1.807, 2.05) is 23.1 Å². The second kappa shape index (κ2) is 7.09. The van der Waals surface area contributed by atoms with Gasteiger partial charge in [-0.2, -0.15) is 0 Å². The minimum atomic E-state index is -0.293. The third kappa shape index (κ3) is 3.32. The van der Waals surface area contributed by atoms with Crippen molar-refractivity contribution in [1.82, 2.24) is 9.88 Å². The van der Waals surface area contributed by atoms with E-state index in [2.05, 4.69) is 4.98 Å². The molecule has 1 aromatic heterocycles. The number of carbonyl (C=O) groups excluding carboxylic acids is 1. The first kappa shape index (κ1) is 17.1. The number of hydrogen-bond donors (Lipinski definition) is 1. The van der Waals surface area contributed by atoms with E-state index in [-0.39, 0.29) is 18.1 Å². The van der Waals surface area contributed by atoms with Crippen LogP contribution < -0.4 is 0 Å². The average molecular weight is 373 g/mol. The molecule has 0 radical (unpaired) electrons. The van der Waals surface area contributed by atoms with Crippen molar-refractivity contribution in [3.8, 4) is 11.3 Å². The number of fused-ring (bicyclic) bond motifs is 1. The van der Waals surface area contributed by atoms with Gasteiger partial charge in [-0.15, -0.1) is 0 Å². The summed E-state index contributed by atoms with van der Waals surface area (Å²) in [5.41, 5.74) is 3.44. The van der Waals surface area contributed by atoms with E-state index in [9.17, 15) is 9.18 Å². The minimum absolute atomic E-state index is 0.0533. The third-order valence-electron chi connectivity index (χ3n) is 4.69. The lowest BCUT2D eigenvalue weighted by atomic mass is 10.0. The molecule has 1 aliphatic heterocycles. The molecule has 0 atom stereocenters. The highest BCUT2D eigenvalue weighted by molar-refractivity contribution is 6.31. The summed E-state index contributed by atoms with van der Waals surface area (Å²) in [6.07, 6.45) is 0.257. The number of amides is 1. The van der Waals surface area contributed by atoms with Crippen LogP contribution >= 0.6 is 11.6 Å². The first-order chi connectivity index (χ1) is 12.6. The lowest BCUT2D eigenvalue weighted by Gasteiger charge is -2.27. The highest BCUT2D eigenvalue weighted by atomic mass is 35.5. The molecule has 26 heavy (non-hydrogen) atoms. The Hall–Kier alpha value is -2.37. The molecule has 1 amide bonds. The van der Waals surface area contributed by atoms with Crippen molar-refractivity contribution in [2.75, 3.05) is 26.3 Å². The Morgan fingerprint density at radius 1 is 1.15 bits per heavy atom. The fourth-order valence-electron chi connectivity index (χ4n) is 3.34. The van der Waals surface area contributed by atoms with Gasteiger partial charge in [0.1, 0.15) is 5.82 Å². The van der Waals surface area contributed by atoms with E-state index >= 15 is 0 Å². The molecule has 0 saturated carbocycles. The summed E-state index contributed by atoms with van der Waals surface area (Å²) in [6.45, 7) is 2.34. The Morgan fingerprint density at radius 2 is 1.88 bits per heavy atom. The molecule has 2 heterocycles. The van der Waals surface area contributed by atoms with Gasteiger partial charge in [-0.1, -0.05) is 11.6 Å². The predicted molar refractivity (Wildman–Crippen MR) is 99.8 cm³/mol. The molecule has 6 heteroatoms. The molecule has 1 saturated heterocycles. The van der Waals surface area contributed by atoms with Crippen molar-refractivity contribution in [3.05, 3.63) is 58.9 Å². The maximum absolute atomic E-state index is 13.3. The van der Waals surface area contributed by atoms with Gasteiger partial charge in [0.15, 0.2) is 0 Å². The van der Waals surface area contributed by atoms with E-state index in [1.165, 1.54) is 12.1 Å². The number of benzene rings is 2. The predicted octanol–water partition coefficient (Wildman–Crippen LogP) is 4.03. The SMILES string of the molecule is O=C(Cc1c(-c2ccc(F)cc2)[nH]c2ccc(Cl)cc12)N1CCOCC1. The van der Waals surface area contributed by atoms with E-state index < -0.39 is 0 Å². The molecule has 134 valence electrons. The molecule has 4 nitrogen and oxygen atoms in total. The number of ether oxygens (including phenoxy) is 1. The first-order valence-corrected chi connectivity index (χ1v) is 8.91. The number of H-pyrrole nitrogens is 1. The van der Waals surface area contributed by atoms with Crippen LogP contribution in [0.5, 0.6) is 0 Å². The van der Waals surface area contributed by atoms with Crippen LogP contribution in [-0.4, -0.2) is 42.1 Å². The lowest BCUT2D eigenvalue weighted by Crippen LogP contribution is -2.41. The summed E-state index contributed by atoms with van der Waals surface area (Å²) >= 11 is 6.18. The van der Waals surface area contributed by atoms with Crippen molar-refractivity contribution in [3.63, 3.8) is 0 Å². The number of nitrogens with one attached hydrogen (secondary N) is 1. The van der Waals surface area contributed by atoms with Crippen LogP contribution in [0, 0.1) is 5.82 Å². The number of morpholine rings is 1. The second-order valence-electron chi connectivity index (χ2n) is 6.35. The van der Waals surface area contributed by atoms with E-state index in [1.54, 1.807) is 12.1 Å². The molecule has 4 rings (SSSR count). The van der Waals surface area contributed by atoms with Crippen LogP contribution in [0.2, 0.25) is 5.02 Å². The fourth-order valence-corrected chi connectivity index (χ4v) is 3.51. The smallest absolute Gasteiger partial charge is 0.227 e. The molecule has 1 fully saturated rings. The van der Waals surface area contributed by atoms with Crippen molar-refractivity contribution in [2.24, 2.45) is 0 Å². The molecule has 1 aliphatic rings. The quantitative estimate of drug-likeness (QED) is 0.754. The normalized spacial score (nSPS) is 14.8. The van der Waals surface area contributed by atoms with Gasteiger partial charge in [0.2, 0.25) is 5.91 Å². The van der Waals surface area contributed by atoms with Crippen molar-refractivity contribution in [1.29, 1.82) is 0 Å². The maximum atomic E-state index is 13.3. The van der Waals surface area contributed by atoms with Crippen LogP contribution in [-0.2, 0) is 16.0 Å².